The van der Waals surface area contributed by atoms with Gasteiger partial charge < -0.3 is 15.0 Å². The highest BCUT2D eigenvalue weighted by molar-refractivity contribution is 9.10. The van der Waals surface area contributed by atoms with E-state index in [4.69, 9.17) is 0 Å². The number of nitrogens with one attached hydrogen (secondary N) is 1. The number of carboxylic acids is 1. The monoisotopic (exact) mass is 439 g/mol. The first kappa shape index (κ1) is 18.5. The number of aliphatic carboxylic acids is 1. The van der Waals surface area contributed by atoms with Gasteiger partial charge in [0.05, 0.1) is 5.56 Å². The van der Waals surface area contributed by atoms with Crippen molar-refractivity contribution >= 4 is 38.6 Å². The number of aromatic nitrogens is 2. The van der Waals surface area contributed by atoms with Crippen molar-refractivity contribution in [3.05, 3.63) is 58.3 Å². The third kappa shape index (κ3) is 3.35. The normalized spacial score (nSPS) is 16.1. The lowest BCUT2D eigenvalue weighted by atomic mass is 10.0. The number of aromatic amines is 1. The molecule has 1 aliphatic heterocycles. The van der Waals surface area contributed by atoms with E-state index in [2.05, 4.69) is 32.0 Å². The van der Waals surface area contributed by atoms with Crippen molar-refractivity contribution in [2.75, 3.05) is 31.1 Å². The Morgan fingerprint density at radius 2 is 2.07 bits per heavy atom. The van der Waals surface area contributed by atoms with Crippen LogP contribution < -0.4 is 4.90 Å². The van der Waals surface area contributed by atoms with Gasteiger partial charge in [0.1, 0.15) is 17.9 Å². The van der Waals surface area contributed by atoms with Crippen molar-refractivity contribution < 1.29 is 9.90 Å². The summed E-state index contributed by atoms with van der Waals surface area (Å²) < 4.78 is 0.911. The first-order valence-corrected chi connectivity index (χ1v) is 9.71. The quantitative estimate of drug-likeness (QED) is 0.647. The van der Waals surface area contributed by atoms with Gasteiger partial charge in [0, 0.05) is 59.5 Å². The van der Waals surface area contributed by atoms with E-state index >= 15 is 0 Å². The van der Waals surface area contributed by atoms with E-state index in [1.807, 2.05) is 28.0 Å². The maximum atomic E-state index is 12.1. The summed E-state index contributed by atoms with van der Waals surface area (Å²) in [5.74, 6) is -0.211. The van der Waals surface area contributed by atoms with E-state index in [9.17, 15) is 15.2 Å². The standard InChI is InChI=1S/C20H18BrN5O2/c21-14-3-4-17-15(10-14)16(12-24-17)18(20(27)28)25-6-8-26(9-7-25)19-13(11-22)2-1-5-23-19/h1-5,10,12,18,24H,6-9H2,(H,27,28)/t18-/m1/s1. The van der Waals surface area contributed by atoms with Crippen LogP contribution in [0.15, 0.2) is 47.2 Å². The maximum Gasteiger partial charge on any atom is 0.325 e. The van der Waals surface area contributed by atoms with Gasteiger partial charge in [0.25, 0.3) is 0 Å². The smallest absolute Gasteiger partial charge is 0.325 e. The topological polar surface area (TPSA) is 96.2 Å². The zero-order valence-corrected chi connectivity index (χ0v) is 16.6. The van der Waals surface area contributed by atoms with Crippen LogP contribution in [0.2, 0.25) is 0 Å². The van der Waals surface area contributed by atoms with Crippen LogP contribution in [0.1, 0.15) is 17.2 Å². The summed E-state index contributed by atoms with van der Waals surface area (Å²) in [7, 11) is 0. The molecule has 0 bridgehead atoms. The molecule has 2 N–H and O–H groups in total. The predicted molar refractivity (Wildman–Crippen MR) is 109 cm³/mol. The number of H-pyrrole nitrogens is 1. The van der Waals surface area contributed by atoms with Crippen LogP contribution in [-0.4, -0.2) is 52.1 Å². The number of pyridine rings is 1. The number of nitriles is 1. The van der Waals surface area contributed by atoms with Crippen molar-refractivity contribution in [3.63, 3.8) is 0 Å². The van der Waals surface area contributed by atoms with Crippen LogP contribution in [0.5, 0.6) is 0 Å². The Morgan fingerprint density at radius 1 is 1.29 bits per heavy atom. The summed E-state index contributed by atoms with van der Waals surface area (Å²) in [5.41, 5.74) is 2.20. The molecule has 0 spiro atoms. The molecule has 1 saturated heterocycles. The Hall–Kier alpha value is -2.89. The number of hydrogen-bond acceptors (Lipinski definition) is 5. The number of nitrogens with zero attached hydrogens (tertiary/aromatic N) is 4. The fourth-order valence-corrected chi connectivity index (χ4v) is 4.12. The molecule has 142 valence electrons. The van der Waals surface area contributed by atoms with Gasteiger partial charge >= 0.3 is 5.97 Å². The summed E-state index contributed by atoms with van der Waals surface area (Å²) in [6.45, 7) is 2.36. The Balaban J connectivity index is 1.58. The first-order valence-electron chi connectivity index (χ1n) is 8.92. The largest absolute Gasteiger partial charge is 0.480 e. The van der Waals surface area contributed by atoms with E-state index in [1.54, 1.807) is 24.5 Å². The van der Waals surface area contributed by atoms with Crippen molar-refractivity contribution in [2.45, 2.75) is 6.04 Å². The molecule has 2 aromatic heterocycles. The van der Waals surface area contributed by atoms with Crippen molar-refractivity contribution in [1.82, 2.24) is 14.9 Å². The molecule has 3 heterocycles. The second-order valence-corrected chi connectivity index (χ2v) is 7.60. The fourth-order valence-electron chi connectivity index (χ4n) is 3.75. The molecule has 28 heavy (non-hydrogen) atoms. The fraction of sp³-hybridized carbons (Fsp3) is 0.250. The second-order valence-electron chi connectivity index (χ2n) is 6.68. The number of rotatable bonds is 4. The van der Waals surface area contributed by atoms with Crippen LogP contribution in [0.3, 0.4) is 0 Å². The van der Waals surface area contributed by atoms with Crippen LogP contribution in [0.25, 0.3) is 10.9 Å². The van der Waals surface area contributed by atoms with E-state index < -0.39 is 12.0 Å². The van der Waals surface area contributed by atoms with Gasteiger partial charge in [-0.3, -0.25) is 9.69 Å². The molecule has 3 aromatic rings. The minimum Gasteiger partial charge on any atom is -0.480 e. The summed E-state index contributed by atoms with van der Waals surface area (Å²) >= 11 is 3.47. The van der Waals surface area contributed by atoms with Crippen molar-refractivity contribution in [1.29, 1.82) is 5.26 Å². The Bertz CT molecular complexity index is 1070. The highest BCUT2D eigenvalue weighted by atomic mass is 79.9. The number of anilines is 1. The average molecular weight is 440 g/mol. The lowest BCUT2D eigenvalue weighted by Crippen LogP contribution is -2.49. The molecule has 4 rings (SSSR count). The average Bonchev–Trinajstić information content (AvgIpc) is 3.11. The van der Waals surface area contributed by atoms with Gasteiger partial charge in [-0.25, -0.2) is 4.98 Å². The predicted octanol–water partition coefficient (Wildman–Crippen LogP) is 3.14. The minimum atomic E-state index is -0.870. The molecular formula is C20H18BrN5O2. The molecular weight excluding hydrogens is 422 g/mol. The highest BCUT2D eigenvalue weighted by Crippen LogP contribution is 2.32. The highest BCUT2D eigenvalue weighted by Gasteiger charge is 2.32. The molecule has 7 nitrogen and oxygen atoms in total. The molecule has 1 aromatic carbocycles. The van der Waals surface area contributed by atoms with Gasteiger partial charge in [-0.05, 0) is 30.3 Å². The van der Waals surface area contributed by atoms with Gasteiger partial charge in [-0.15, -0.1) is 0 Å². The zero-order chi connectivity index (χ0) is 19.7. The summed E-state index contributed by atoms with van der Waals surface area (Å²) in [4.78, 5) is 23.7. The Kier molecular flexibility index (Phi) is 5.03. The number of carbonyl (C=O) groups is 1. The van der Waals surface area contributed by atoms with Crippen molar-refractivity contribution in [3.8, 4) is 6.07 Å². The summed E-state index contributed by atoms with van der Waals surface area (Å²) in [6.07, 6.45) is 3.46. The maximum absolute atomic E-state index is 12.1. The van der Waals surface area contributed by atoms with Gasteiger partial charge in [-0.1, -0.05) is 15.9 Å². The molecule has 1 aliphatic rings. The number of halogens is 1. The molecule has 1 fully saturated rings. The van der Waals surface area contributed by atoms with Gasteiger partial charge in [0.15, 0.2) is 0 Å². The summed E-state index contributed by atoms with van der Waals surface area (Å²) in [6, 6.07) is 10.7. The van der Waals surface area contributed by atoms with Crippen LogP contribution >= 0.6 is 15.9 Å². The van der Waals surface area contributed by atoms with Crippen LogP contribution in [-0.2, 0) is 4.79 Å². The SMILES string of the molecule is N#Cc1cccnc1N1CCN([C@@H](C(=O)O)c2c[nH]c3ccc(Br)cc23)CC1. The first-order chi connectivity index (χ1) is 13.6. The lowest BCUT2D eigenvalue weighted by molar-refractivity contribution is -0.143. The molecule has 8 heteroatoms. The molecule has 0 radical (unpaired) electrons. The summed E-state index contributed by atoms with van der Waals surface area (Å²) in [5, 5.41) is 20.2. The third-order valence-electron chi connectivity index (χ3n) is 5.09. The van der Waals surface area contributed by atoms with Gasteiger partial charge in [-0.2, -0.15) is 5.26 Å². The Labute approximate surface area is 170 Å². The Morgan fingerprint density at radius 3 is 2.79 bits per heavy atom. The number of benzene rings is 1. The molecule has 0 amide bonds. The molecule has 1 atom stereocenters. The van der Waals surface area contributed by atoms with Crippen LogP contribution in [0.4, 0.5) is 5.82 Å². The van der Waals surface area contributed by atoms with Crippen molar-refractivity contribution in [2.24, 2.45) is 0 Å². The molecule has 0 saturated carbocycles. The minimum absolute atomic E-state index is 0.534. The number of fused-ring (bicyclic) bond motifs is 1. The number of hydrogen-bond donors (Lipinski definition) is 2. The third-order valence-corrected chi connectivity index (χ3v) is 5.58. The molecule has 0 aliphatic carbocycles. The van der Waals surface area contributed by atoms with E-state index in [-0.39, 0.29) is 0 Å². The second kappa shape index (κ2) is 7.62. The lowest BCUT2D eigenvalue weighted by Gasteiger charge is -2.38. The number of carboxylic acid groups (broad SMARTS) is 1. The molecule has 0 unspecified atom stereocenters. The van der Waals surface area contributed by atoms with Crippen LogP contribution in [0, 0.1) is 11.3 Å². The zero-order valence-electron chi connectivity index (χ0n) is 15.0. The van der Waals surface area contributed by atoms with Gasteiger partial charge in [0.2, 0.25) is 0 Å². The van der Waals surface area contributed by atoms with E-state index in [1.165, 1.54) is 0 Å². The van der Waals surface area contributed by atoms with E-state index in [0.29, 0.717) is 37.6 Å². The van der Waals surface area contributed by atoms with E-state index in [0.717, 1.165) is 20.9 Å². The number of piperazine rings is 1.